The van der Waals surface area contributed by atoms with E-state index >= 15 is 0 Å². The van der Waals surface area contributed by atoms with Gasteiger partial charge >= 0.3 is 0 Å². The van der Waals surface area contributed by atoms with Crippen LogP contribution in [-0.2, 0) is 14.8 Å². The van der Waals surface area contributed by atoms with E-state index in [1.54, 1.807) is 6.07 Å². The largest absolute Gasteiger partial charge is 0.495 e. The van der Waals surface area contributed by atoms with Gasteiger partial charge in [0.25, 0.3) is 0 Å². The maximum Gasteiger partial charge on any atom is 0.243 e. The van der Waals surface area contributed by atoms with E-state index in [1.165, 1.54) is 23.5 Å². The first-order valence-corrected chi connectivity index (χ1v) is 8.48. The molecule has 118 valence electrons. The zero-order chi connectivity index (χ0) is 15.5. The molecule has 7 heteroatoms. The molecule has 0 radical (unpaired) electrons. The highest BCUT2D eigenvalue weighted by molar-refractivity contribution is 7.89. The van der Waals surface area contributed by atoms with E-state index in [0.29, 0.717) is 31.1 Å². The fourth-order valence-corrected chi connectivity index (χ4v) is 4.00. The Balaban J connectivity index is 2.14. The van der Waals surface area contributed by atoms with Crippen LogP contribution in [0.15, 0.2) is 23.1 Å². The lowest BCUT2D eigenvalue weighted by atomic mass is 10.1. The highest BCUT2D eigenvalue weighted by Crippen LogP contribution is 2.28. The molecule has 0 aromatic heterocycles. The Morgan fingerprint density at radius 1 is 1.33 bits per heavy atom. The second-order valence-corrected chi connectivity index (χ2v) is 6.90. The van der Waals surface area contributed by atoms with Crippen LogP contribution in [0.5, 0.6) is 5.75 Å². The Bertz CT molecular complexity index is 581. The van der Waals surface area contributed by atoms with Gasteiger partial charge in [-0.1, -0.05) is 0 Å². The summed E-state index contributed by atoms with van der Waals surface area (Å²) >= 11 is 0. The summed E-state index contributed by atoms with van der Waals surface area (Å²) in [5.41, 5.74) is 6.11. The standard InChI is InChI=1S/C14H22N2O4S/c1-3-20-11-6-8-16(9-7-11)21(17,18)12-4-5-14(19-2)13(15)10-12/h4-5,10-11H,3,6-9,15H2,1-2H3. The third-order valence-electron chi connectivity index (χ3n) is 3.64. The van der Waals surface area contributed by atoms with Gasteiger partial charge in [0, 0.05) is 19.7 Å². The Kier molecular flexibility index (Phi) is 5.08. The molecule has 1 fully saturated rings. The molecule has 6 nitrogen and oxygen atoms in total. The number of methoxy groups -OCH3 is 1. The Morgan fingerprint density at radius 3 is 2.52 bits per heavy atom. The molecule has 1 saturated heterocycles. The zero-order valence-corrected chi connectivity index (χ0v) is 13.2. The first-order chi connectivity index (χ1) is 9.98. The number of anilines is 1. The summed E-state index contributed by atoms with van der Waals surface area (Å²) < 4.78 is 37.3. The lowest BCUT2D eigenvalue weighted by molar-refractivity contribution is 0.0290. The fourth-order valence-electron chi connectivity index (χ4n) is 2.50. The molecule has 1 aliphatic heterocycles. The van der Waals surface area contributed by atoms with Gasteiger partial charge < -0.3 is 15.2 Å². The van der Waals surface area contributed by atoms with Crippen molar-refractivity contribution in [2.24, 2.45) is 0 Å². The summed E-state index contributed by atoms with van der Waals surface area (Å²) in [6, 6.07) is 4.55. The molecule has 0 atom stereocenters. The van der Waals surface area contributed by atoms with Crippen LogP contribution in [-0.4, -0.2) is 45.6 Å². The predicted octanol–water partition coefficient (Wildman–Crippen LogP) is 1.47. The second kappa shape index (κ2) is 6.64. The van der Waals surface area contributed by atoms with E-state index in [9.17, 15) is 8.42 Å². The van der Waals surface area contributed by atoms with E-state index in [2.05, 4.69) is 0 Å². The number of piperidine rings is 1. The Morgan fingerprint density at radius 2 is 2.00 bits per heavy atom. The minimum absolute atomic E-state index is 0.155. The molecule has 1 heterocycles. The van der Waals surface area contributed by atoms with Crippen molar-refractivity contribution in [1.82, 2.24) is 4.31 Å². The number of hydrogen-bond donors (Lipinski definition) is 1. The van der Waals surface area contributed by atoms with Crippen LogP contribution < -0.4 is 10.5 Å². The van der Waals surface area contributed by atoms with Crippen molar-refractivity contribution in [3.05, 3.63) is 18.2 Å². The van der Waals surface area contributed by atoms with E-state index < -0.39 is 10.0 Å². The number of benzene rings is 1. The maximum absolute atomic E-state index is 12.6. The van der Waals surface area contributed by atoms with Gasteiger partial charge in [-0.2, -0.15) is 4.31 Å². The van der Waals surface area contributed by atoms with Crippen molar-refractivity contribution < 1.29 is 17.9 Å². The molecule has 0 bridgehead atoms. The molecule has 2 rings (SSSR count). The maximum atomic E-state index is 12.6. The molecular weight excluding hydrogens is 292 g/mol. The van der Waals surface area contributed by atoms with Crippen LogP contribution in [0.4, 0.5) is 5.69 Å². The average Bonchev–Trinajstić information content (AvgIpc) is 2.48. The fraction of sp³-hybridized carbons (Fsp3) is 0.571. The van der Waals surface area contributed by atoms with Gasteiger partial charge in [-0.15, -0.1) is 0 Å². The van der Waals surface area contributed by atoms with Crippen LogP contribution >= 0.6 is 0 Å². The molecule has 0 amide bonds. The van der Waals surface area contributed by atoms with Crippen molar-refractivity contribution in [2.75, 3.05) is 32.5 Å². The van der Waals surface area contributed by atoms with Gasteiger partial charge in [-0.25, -0.2) is 8.42 Å². The van der Waals surface area contributed by atoms with Crippen molar-refractivity contribution in [3.8, 4) is 5.75 Å². The number of rotatable bonds is 5. The summed E-state index contributed by atoms with van der Waals surface area (Å²) in [7, 11) is -2.01. The van der Waals surface area contributed by atoms with Crippen LogP contribution in [0.3, 0.4) is 0 Å². The van der Waals surface area contributed by atoms with E-state index in [-0.39, 0.29) is 11.0 Å². The highest BCUT2D eigenvalue weighted by atomic mass is 32.2. The third-order valence-corrected chi connectivity index (χ3v) is 5.54. The quantitative estimate of drug-likeness (QED) is 0.832. The minimum Gasteiger partial charge on any atom is -0.495 e. The van der Waals surface area contributed by atoms with E-state index in [0.717, 1.165) is 12.8 Å². The SMILES string of the molecule is CCOC1CCN(S(=O)(=O)c2ccc(OC)c(N)c2)CC1. The molecule has 1 aliphatic rings. The zero-order valence-electron chi connectivity index (χ0n) is 12.4. The average molecular weight is 314 g/mol. The molecule has 0 saturated carbocycles. The Hall–Kier alpha value is -1.31. The van der Waals surface area contributed by atoms with Crippen LogP contribution in [0.25, 0.3) is 0 Å². The predicted molar refractivity (Wildman–Crippen MR) is 80.8 cm³/mol. The van der Waals surface area contributed by atoms with E-state index in [4.69, 9.17) is 15.2 Å². The molecular formula is C14H22N2O4S. The summed E-state index contributed by atoms with van der Waals surface area (Å²) in [6.07, 6.45) is 1.60. The van der Waals surface area contributed by atoms with Gasteiger partial charge in [0.2, 0.25) is 10.0 Å². The van der Waals surface area contributed by atoms with Gasteiger partial charge in [0.15, 0.2) is 0 Å². The second-order valence-electron chi connectivity index (χ2n) is 4.96. The van der Waals surface area contributed by atoms with Gasteiger partial charge in [-0.3, -0.25) is 0 Å². The summed E-state index contributed by atoms with van der Waals surface area (Å²) in [5, 5.41) is 0. The first-order valence-electron chi connectivity index (χ1n) is 7.04. The van der Waals surface area contributed by atoms with Crippen molar-refractivity contribution in [1.29, 1.82) is 0 Å². The van der Waals surface area contributed by atoms with Crippen molar-refractivity contribution >= 4 is 15.7 Å². The molecule has 2 N–H and O–H groups in total. The number of nitrogen functional groups attached to an aromatic ring is 1. The smallest absolute Gasteiger partial charge is 0.243 e. The van der Waals surface area contributed by atoms with Crippen LogP contribution in [0.1, 0.15) is 19.8 Å². The van der Waals surface area contributed by atoms with Gasteiger partial charge in [-0.05, 0) is 38.0 Å². The lowest BCUT2D eigenvalue weighted by Crippen LogP contribution is -2.40. The molecule has 0 aliphatic carbocycles. The first kappa shape index (κ1) is 16.1. The highest BCUT2D eigenvalue weighted by Gasteiger charge is 2.29. The monoisotopic (exact) mass is 314 g/mol. The van der Waals surface area contributed by atoms with Crippen molar-refractivity contribution in [2.45, 2.75) is 30.8 Å². The molecule has 1 aromatic carbocycles. The Labute approximate surface area is 125 Å². The summed E-state index contributed by atoms with van der Waals surface area (Å²) in [4.78, 5) is 0.204. The number of ether oxygens (including phenoxy) is 2. The molecule has 1 aromatic rings. The number of nitrogens with two attached hydrogens (primary N) is 1. The summed E-state index contributed by atoms with van der Waals surface area (Å²) in [6.45, 7) is 3.55. The number of hydrogen-bond acceptors (Lipinski definition) is 5. The van der Waals surface area contributed by atoms with E-state index in [1.807, 2.05) is 6.92 Å². The third kappa shape index (κ3) is 3.48. The topological polar surface area (TPSA) is 81.9 Å². The van der Waals surface area contributed by atoms with Crippen molar-refractivity contribution in [3.63, 3.8) is 0 Å². The molecule has 0 unspecified atom stereocenters. The van der Waals surface area contributed by atoms with Gasteiger partial charge in [0.05, 0.1) is 23.8 Å². The molecule has 0 spiro atoms. The number of nitrogens with zero attached hydrogens (tertiary/aromatic N) is 1. The molecule has 21 heavy (non-hydrogen) atoms. The van der Waals surface area contributed by atoms with Crippen LogP contribution in [0, 0.1) is 0 Å². The minimum atomic E-state index is -3.51. The van der Waals surface area contributed by atoms with Crippen LogP contribution in [0.2, 0.25) is 0 Å². The normalized spacial score (nSPS) is 17.8. The van der Waals surface area contributed by atoms with Gasteiger partial charge in [0.1, 0.15) is 5.75 Å². The number of sulfonamides is 1. The lowest BCUT2D eigenvalue weighted by Gasteiger charge is -2.31. The summed E-state index contributed by atoms with van der Waals surface area (Å²) in [5.74, 6) is 0.476.